The second-order valence-electron chi connectivity index (χ2n) is 0.982. The SMILES string of the molecule is O=P(O)(O)O.O=P([O-])([O-])O.[SiH4].[Zn+2]. The normalized spacial score (nSPS) is 9.83. The molecule has 12 heteroatoms. The van der Waals surface area contributed by atoms with Crippen molar-refractivity contribution in [3.63, 3.8) is 0 Å². The molecule has 0 saturated carbocycles. The summed E-state index contributed by atoms with van der Waals surface area (Å²) in [6.45, 7) is 0. The van der Waals surface area contributed by atoms with Gasteiger partial charge < -0.3 is 33.9 Å². The van der Waals surface area contributed by atoms with Crippen LogP contribution in [0.2, 0.25) is 0 Å². The maximum absolute atomic E-state index is 8.88. The van der Waals surface area contributed by atoms with Gasteiger partial charge in [0, 0.05) is 0 Å². The first kappa shape index (κ1) is 23.1. The van der Waals surface area contributed by atoms with Crippen LogP contribution < -0.4 is 9.79 Å². The van der Waals surface area contributed by atoms with Gasteiger partial charge in [-0.3, -0.25) is 0 Å². The van der Waals surface area contributed by atoms with E-state index < -0.39 is 15.6 Å². The van der Waals surface area contributed by atoms with E-state index in [1.807, 2.05) is 0 Å². The number of hydrogen-bond donors (Lipinski definition) is 4. The second kappa shape index (κ2) is 8.65. The molecule has 0 aromatic heterocycles. The molecular formula is H8O8P2SiZn. The van der Waals surface area contributed by atoms with Crippen molar-refractivity contribution in [3.05, 3.63) is 0 Å². The molecule has 0 fully saturated rings. The summed E-state index contributed by atoms with van der Waals surface area (Å²) in [5.74, 6) is 0. The van der Waals surface area contributed by atoms with Gasteiger partial charge in [-0.15, -0.1) is 0 Å². The number of hydrogen-bond acceptors (Lipinski definition) is 4. The van der Waals surface area contributed by atoms with Crippen LogP contribution in [0.1, 0.15) is 0 Å². The Balaban J connectivity index is -0.0000000457. The minimum atomic E-state index is -5.14. The van der Waals surface area contributed by atoms with Gasteiger partial charge >= 0.3 is 27.3 Å². The van der Waals surface area contributed by atoms with Gasteiger partial charge in [-0.2, -0.15) is 0 Å². The molecule has 0 radical (unpaired) electrons. The molecule has 0 aliphatic heterocycles. The van der Waals surface area contributed by atoms with Gasteiger partial charge in [-0.25, -0.2) is 4.57 Å². The molecule has 0 unspecified atom stereocenters. The fourth-order valence-electron chi connectivity index (χ4n) is 0. The topological polar surface area (TPSA) is 161 Å². The molecule has 0 aliphatic carbocycles. The quantitative estimate of drug-likeness (QED) is 0.256. The third kappa shape index (κ3) is 996. The van der Waals surface area contributed by atoms with Gasteiger partial charge in [-0.1, -0.05) is 0 Å². The van der Waals surface area contributed by atoms with Crippen LogP contribution in [0.15, 0.2) is 0 Å². The van der Waals surface area contributed by atoms with Crippen LogP contribution >= 0.6 is 15.6 Å². The molecule has 12 heavy (non-hydrogen) atoms. The first-order chi connectivity index (χ1) is 4.00. The Labute approximate surface area is 84.9 Å². The van der Waals surface area contributed by atoms with Crippen molar-refractivity contribution in [2.24, 2.45) is 0 Å². The van der Waals surface area contributed by atoms with Crippen molar-refractivity contribution < 1.29 is 58.0 Å². The molecule has 4 N–H and O–H groups in total. The monoisotopic (exact) mass is 290 g/mol. The molecule has 0 rings (SSSR count). The van der Waals surface area contributed by atoms with E-state index in [0.29, 0.717) is 0 Å². The fraction of sp³-hybridized carbons (Fsp3) is 0. The van der Waals surface area contributed by atoms with E-state index in [1.54, 1.807) is 0 Å². The summed E-state index contributed by atoms with van der Waals surface area (Å²) in [7, 11) is -9.78. The Kier molecular flexibility index (Phi) is 16.7. The number of phosphoric acid groups is 2. The maximum Gasteiger partial charge on any atom is 2.00 e. The summed E-state index contributed by atoms with van der Waals surface area (Å²) in [5, 5.41) is 0. The Hall–Kier alpha value is 1.06. The summed E-state index contributed by atoms with van der Waals surface area (Å²) in [4.78, 5) is 45.8. The van der Waals surface area contributed by atoms with Crippen molar-refractivity contribution in [2.45, 2.75) is 0 Å². The van der Waals surface area contributed by atoms with Gasteiger partial charge in [0.15, 0.2) is 0 Å². The minimum Gasteiger partial charge on any atom is -0.790 e. The van der Waals surface area contributed by atoms with Crippen LogP contribution in [-0.4, -0.2) is 30.5 Å². The minimum absolute atomic E-state index is 0. The molecule has 72 valence electrons. The first-order valence-corrected chi connectivity index (χ1v) is 4.59. The van der Waals surface area contributed by atoms with E-state index in [-0.39, 0.29) is 30.4 Å². The molecule has 8 nitrogen and oxygen atoms in total. The van der Waals surface area contributed by atoms with Crippen LogP contribution in [-0.2, 0) is 28.6 Å². The van der Waals surface area contributed by atoms with E-state index in [0.717, 1.165) is 0 Å². The van der Waals surface area contributed by atoms with E-state index >= 15 is 0 Å². The molecule has 0 aromatic carbocycles. The van der Waals surface area contributed by atoms with E-state index in [2.05, 4.69) is 0 Å². The van der Waals surface area contributed by atoms with E-state index in [1.165, 1.54) is 0 Å². The maximum atomic E-state index is 8.88. The summed E-state index contributed by atoms with van der Waals surface area (Å²) in [6, 6.07) is 0. The molecule has 0 saturated heterocycles. The van der Waals surface area contributed by atoms with Crippen molar-refractivity contribution in [2.75, 3.05) is 0 Å². The average Bonchev–Trinajstić information content (AvgIpc) is 1.12. The van der Waals surface area contributed by atoms with Crippen molar-refractivity contribution in [1.29, 1.82) is 0 Å². The molecular weight excluding hydrogens is 283 g/mol. The van der Waals surface area contributed by atoms with Crippen molar-refractivity contribution >= 4 is 26.6 Å². The predicted molar refractivity (Wildman–Crippen MR) is 35.4 cm³/mol. The van der Waals surface area contributed by atoms with E-state index in [4.69, 9.17) is 38.5 Å². The van der Waals surface area contributed by atoms with Gasteiger partial charge in [0.1, 0.15) is 0 Å². The fourth-order valence-corrected chi connectivity index (χ4v) is 0. The zero-order valence-corrected chi connectivity index (χ0v) is 9.78. The summed E-state index contributed by atoms with van der Waals surface area (Å²) in [5.41, 5.74) is 0. The molecule has 0 aromatic rings. The largest absolute Gasteiger partial charge is 2.00 e. The molecule has 0 spiro atoms. The Morgan fingerprint density at radius 2 is 0.917 bits per heavy atom. The van der Waals surface area contributed by atoms with Crippen molar-refractivity contribution in [3.8, 4) is 0 Å². The van der Waals surface area contributed by atoms with Crippen molar-refractivity contribution in [1.82, 2.24) is 0 Å². The zero-order valence-electron chi connectivity index (χ0n) is 5.02. The smallest absolute Gasteiger partial charge is 0.790 e. The molecule has 0 amide bonds. The van der Waals surface area contributed by atoms with Gasteiger partial charge in [0.05, 0.1) is 7.82 Å². The first-order valence-electron chi connectivity index (χ1n) is 1.53. The molecule has 0 heterocycles. The Morgan fingerprint density at radius 3 is 0.917 bits per heavy atom. The van der Waals surface area contributed by atoms with Gasteiger partial charge in [0.25, 0.3) is 0 Å². The van der Waals surface area contributed by atoms with Crippen LogP contribution in [0.4, 0.5) is 0 Å². The van der Waals surface area contributed by atoms with E-state index in [9.17, 15) is 0 Å². The Bertz CT molecular complexity index is 129. The molecule has 0 bridgehead atoms. The summed E-state index contributed by atoms with van der Waals surface area (Å²) >= 11 is 0. The molecule has 0 aliphatic rings. The Morgan fingerprint density at radius 1 is 0.917 bits per heavy atom. The molecule has 0 atom stereocenters. The third-order valence-corrected chi connectivity index (χ3v) is 0. The third-order valence-electron chi connectivity index (χ3n) is 0. The number of rotatable bonds is 0. The summed E-state index contributed by atoms with van der Waals surface area (Å²) in [6.07, 6.45) is 0. The second-order valence-corrected chi connectivity index (χ2v) is 2.95. The van der Waals surface area contributed by atoms with Crippen LogP contribution in [0.3, 0.4) is 0 Å². The predicted octanol–water partition coefficient (Wildman–Crippen LogP) is -4.58. The summed E-state index contributed by atoms with van der Waals surface area (Å²) < 4.78 is 17.5. The van der Waals surface area contributed by atoms with Crippen LogP contribution in [0, 0.1) is 0 Å². The zero-order chi connectivity index (χ0) is 9.00. The van der Waals surface area contributed by atoms with Gasteiger partial charge in [-0.05, 0) is 11.0 Å². The van der Waals surface area contributed by atoms with Crippen LogP contribution in [0.5, 0.6) is 0 Å². The van der Waals surface area contributed by atoms with Crippen LogP contribution in [0.25, 0.3) is 0 Å². The van der Waals surface area contributed by atoms with Gasteiger partial charge in [0.2, 0.25) is 0 Å². The standard InChI is InChI=1S/2H3O4P.H4Si.Zn/c2*1-5(2,3)4;;/h2*(H3,1,2,3,4);1H4;/q;;;+2/p-2. The average molecular weight is 291 g/mol.